The zero-order chi connectivity index (χ0) is 17.0. The SMILES string of the molecule is COC(=O)c1cnc(NC(C)c2cccc(O)c2)c([N+](=O)[O-])c1. The molecular formula is C15H15N3O5. The van der Waals surface area contributed by atoms with Gasteiger partial charge in [-0.2, -0.15) is 0 Å². The number of benzene rings is 1. The van der Waals surface area contributed by atoms with Crippen LogP contribution in [-0.4, -0.2) is 28.1 Å². The molecule has 2 N–H and O–H groups in total. The summed E-state index contributed by atoms with van der Waals surface area (Å²) in [5.41, 5.74) is 0.396. The molecule has 0 aliphatic rings. The van der Waals surface area contributed by atoms with Crippen LogP contribution in [0.4, 0.5) is 11.5 Å². The number of hydrogen-bond donors (Lipinski definition) is 2. The molecule has 8 heteroatoms. The first kappa shape index (κ1) is 16.2. The molecule has 120 valence electrons. The van der Waals surface area contributed by atoms with E-state index in [0.29, 0.717) is 0 Å². The predicted molar refractivity (Wildman–Crippen MR) is 82.4 cm³/mol. The van der Waals surface area contributed by atoms with Crippen LogP contribution >= 0.6 is 0 Å². The summed E-state index contributed by atoms with van der Waals surface area (Å²) in [6.07, 6.45) is 1.20. The summed E-state index contributed by atoms with van der Waals surface area (Å²) in [6, 6.07) is 7.29. The topological polar surface area (TPSA) is 115 Å². The first-order valence-corrected chi connectivity index (χ1v) is 6.70. The highest BCUT2D eigenvalue weighted by atomic mass is 16.6. The molecule has 0 aliphatic carbocycles. The summed E-state index contributed by atoms with van der Waals surface area (Å²) in [5, 5.41) is 23.6. The molecule has 0 bridgehead atoms. The Labute approximate surface area is 131 Å². The minimum absolute atomic E-state index is 0.00485. The van der Waals surface area contributed by atoms with E-state index in [-0.39, 0.29) is 28.9 Å². The molecule has 2 aromatic rings. The van der Waals surface area contributed by atoms with E-state index in [9.17, 15) is 20.0 Å². The van der Waals surface area contributed by atoms with Crippen molar-refractivity contribution in [3.05, 3.63) is 57.8 Å². The number of aromatic nitrogens is 1. The van der Waals surface area contributed by atoms with Crippen LogP contribution in [0.15, 0.2) is 36.5 Å². The van der Waals surface area contributed by atoms with Gasteiger partial charge in [-0.05, 0) is 24.6 Å². The zero-order valence-corrected chi connectivity index (χ0v) is 12.5. The quantitative estimate of drug-likeness (QED) is 0.495. The van der Waals surface area contributed by atoms with Gasteiger partial charge in [0, 0.05) is 12.3 Å². The molecule has 1 atom stereocenters. The summed E-state index contributed by atoms with van der Waals surface area (Å²) in [5.74, 6) is -0.577. The van der Waals surface area contributed by atoms with Gasteiger partial charge in [-0.1, -0.05) is 12.1 Å². The number of carbonyl (C=O) groups is 1. The summed E-state index contributed by atoms with van der Waals surface area (Å²) in [4.78, 5) is 26.0. The van der Waals surface area contributed by atoms with Gasteiger partial charge in [0.2, 0.25) is 5.82 Å². The number of nitrogens with one attached hydrogen (secondary N) is 1. The van der Waals surface area contributed by atoms with Crippen molar-refractivity contribution in [3.8, 4) is 5.75 Å². The Kier molecular flexibility index (Phi) is 4.75. The molecule has 0 saturated heterocycles. The van der Waals surface area contributed by atoms with Crippen molar-refractivity contribution in [2.24, 2.45) is 0 Å². The number of phenols is 1. The molecule has 1 unspecified atom stereocenters. The van der Waals surface area contributed by atoms with Crippen LogP contribution in [0.25, 0.3) is 0 Å². The van der Waals surface area contributed by atoms with Crippen LogP contribution in [0.2, 0.25) is 0 Å². The number of aromatic hydroxyl groups is 1. The number of rotatable bonds is 5. The van der Waals surface area contributed by atoms with E-state index in [1.54, 1.807) is 25.1 Å². The fourth-order valence-electron chi connectivity index (χ4n) is 2.02. The smallest absolute Gasteiger partial charge is 0.339 e. The van der Waals surface area contributed by atoms with E-state index < -0.39 is 10.9 Å². The molecule has 2 rings (SSSR count). The molecule has 0 spiro atoms. The molecule has 0 saturated carbocycles. The Morgan fingerprint density at radius 3 is 2.78 bits per heavy atom. The number of ether oxygens (including phenoxy) is 1. The zero-order valence-electron chi connectivity index (χ0n) is 12.5. The fraction of sp³-hybridized carbons (Fsp3) is 0.200. The number of pyridine rings is 1. The van der Waals surface area contributed by atoms with Crippen LogP contribution in [0, 0.1) is 10.1 Å². The lowest BCUT2D eigenvalue weighted by Gasteiger charge is -2.15. The fourth-order valence-corrected chi connectivity index (χ4v) is 2.02. The molecule has 1 heterocycles. The van der Waals surface area contributed by atoms with Gasteiger partial charge in [0.15, 0.2) is 0 Å². The van der Waals surface area contributed by atoms with Gasteiger partial charge >= 0.3 is 11.7 Å². The van der Waals surface area contributed by atoms with Crippen molar-refractivity contribution in [3.63, 3.8) is 0 Å². The van der Waals surface area contributed by atoms with E-state index in [2.05, 4.69) is 15.0 Å². The lowest BCUT2D eigenvalue weighted by Crippen LogP contribution is -2.11. The van der Waals surface area contributed by atoms with Crippen LogP contribution in [-0.2, 0) is 4.74 Å². The molecule has 23 heavy (non-hydrogen) atoms. The van der Waals surface area contributed by atoms with E-state index in [0.717, 1.165) is 11.6 Å². The molecule has 1 aromatic carbocycles. The van der Waals surface area contributed by atoms with E-state index >= 15 is 0 Å². The third-order valence-electron chi connectivity index (χ3n) is 3.21. The normalized spacial score (nSPS) is 11.6. The minimum Gasteiger partial charge on any atom is -0.508 e. The third-order valence-corrected chi connectivity index (χ3v) is 3.21. The van der Waals surface area contributed by atoms with E-state index in [4.69, 9.17) is 0 Å². The van der Waals surface area contributed by atoms with Crippen LogP contribution in [0.3, 0.4) is 0 Å². The highest BCUT2D eigenvalue weighted by Gasteiger charge is 2.21. The van der Waals surface area contributed by atoms with E-state index in [1.807, 2.05) is 0 Å². The number of methoxy groups -OCH3 is 1. The number of hydrogen-bond acceptors (Lipinski definition) is 7. The number of nitrogens with zero attached hydrogens (tertiary/aromatic N) is 2. The third kappa shape index (κ3) is 3.73. The molecule has 0 fully saturated rings. The maximum Gasteiger partial charge on any atom is 0.339 e. The average Bonchev–Trinajstić information content (AvgIpc) is 2.54. The minimum atomic E-state index is -0.701. The van der Waals surface area contributed by atoms with Crippen LogP contribution in [0.5, 0.6) is 5.75 Å². The molecule has 8 nitrogen and oxygen atoms in total. The average molecular weight is 317 g/mol. The lowest BCUT2D eigenvalue weighted by molar-refractivity contribution is -0.384. The van der Waals surface area contributed by atoms with Gasteiger partial charge in [-0.3, -0.25) is 10.1 Å². The van der Waals surface area contributed by atoms with E-state index in [1.165, 1.54) is 19.4 Å². The highest BCUT2D eigenvalue weighted by Crippen LogP contribution is 2.28. The van der Waals surface area contributed by atoms with Crippen molar-refractivity contribution in [2.75, 3.05) is 12.4 Å². The Morgan fingerprint density at radius 2 is 2.17 bits per heavy atom. The Hall–Kier alpha value is -3.16. The van der Waals surface area contributed by atoms with Gasteiger partial charge in [0.25, 0.3) is 0 Å². The molecule has 0 amide bonds. The lowest BCUT2D eigenvalue weighted by atomic mass is 10.1. The standard InChI is InChI=1S/C15H15N3O5/c1-9(10-4-3-5-12(19)6-10)17-14-13(18(21)22)7-11(8-16-14)15(20)23-2/h3-9,19H,1-2H3,(H,16,17). The first-order valence-electron chi connectivity index (χ1n) is 6.70. The molecule has 1 aromatic heterocycles. The second-order valence-corrected chi connectivity index (χ2v) is 4.80. The highest BCUT2D eigenvalue weighted by molar-refractivity contribution is 5.90. The predicted octanol–water partition coefficient (Wildman–Crippen LogP) is 2.66. The summed E-state index contributed by atoms with van der Waals surface area (Å²) in [7, 11) is 1.18. The number of nitro groups is 1. The number of esters is 1. The monoisotopic (exact) mass is 317 g/mol. The maximum absolute atomic E-state index is 11.4. The number of anilines is 1. The van der Waals surface area contributed by atoms with Gasteiger partial charge in [-0.15, -0.1) is 0 Å². The second kappa shape index (κ2) is 6.73. The Bertz CT molecular complexity index is 748. The largest absolute Gasteiger partial charge is 0.508 e. The van der Waals surface area contributed by atoms with Gasteiger partial charge < -0.3 is 15.2 Å². The van der Waals surface area contributed by atoms with Crippen molar-refractivity contribution < 1.29 is 19.6 Å². The molecule has 0 radical (unpaired) electrons. The van der Waals surface area contributed by atoms with Gasteiger partial charge in [-0.25, -0.2) is 9.78 Å². The van der Waals surface area contributed by atoms with Crippen LogP contribution in [0.1, 0.15) is 28.9 Å². The van der Waals surface area contributed by atoms with Crippen LogP contribution < -0.4 is 5.32 Å². The maximum atomic E-state index is 11.4. The number of phenolic OH excluding ortho intramolecular Hbond substituents is 1. The summed E-state index contributed by atoms with van der Waals surface area (Å²) in [6.45, 7) is 1.77. The summed E-state index contributed by atoms with van der Waals surface area (Å²) >= 11 is 0. The molecular weight excluding hydrogens is 302 g/mol. The Balaban J connectivity index is 2.32. The van der Waals surface area contributed by atoms with Crippen molar-refractivity contribution in [1.82, 2.24) is 4.98 Å². The summed E-state index contributed by atoms with van der Waals surface area (Å²) < 4.78 is 4.52. The Morgan fingerprint density at radius 1 is 1.43 bits per heavy atom. The number of carbonyl (C=O) groups excluding carboxylic acids is 1. The first-order chi connectivity index (χ1) is 10.9. The van der Waals surface area contributed by atoms with Crippen molar-refractivity contribution >= 4 is 17.5 Å². The van der Waals surface area contributed by atoms with Crippen molar-refractivity contribution in [2.45, 2.75) is 13.0 Å². The van der Waals surface area contributed by atoms with Gasteiger partial charge in [0.05, 0.1) is 23.6 Å². The van der Waals surface area contributed by atoms with Gasteiger partial charge in [0.1, 0.15) is 5.75 Å². The van der Waals surface area contributed by atoms with Crippen molar-refractivity contribution in [1.29, 1.82) is 0 Å². The molecule has 0 aliphatic heterocycles. The second-order valence-electron chi connectivity index (χ2n) is 4.80.